The van der Waals surface area contributed by atoms with Crippen LogP contribution in [0.2, 0.25) is 10.0 Å². The predicted molar refractivity (Wildman–Crippen MR) is 144 cm³/mol. The molecule has 9 heteroatoms. The number of aromatic nitrogens is 4. The minimum atomic E-state index is -0.0974. The Hall–Kier alpha value is -1.93. The molecule has 2 saturated heterocycles. The zero-order valence-corrected chi connectivity index (χ0v) is 22.3. The minimum absolute atomic E-state index is 0.0974. The average Bonchev–Trinajstić information content (AvgIpc) is 3.43. The molecule has 2 aliphatic heterocycles. The summed E-state index contributed by atoms with van der Waals surface area (Å²) in [6.07, 6.45) is 6.72. The van der Waals surface area contributed by atoms with Gasteiger partial charge in [0.15, 0.2) is 5.65 Å². The standard InChI is InChI=1S/C26H35Cl2N7/c1-16-15-33(12-9-23(16)34-11-4-5-20(34)8-10-29)24-14-30-25-17(2)32-35(26(25)31-24)18(3)21-7-6-19(27)13-22(21)28/h6-7,13-14,16,18,20,23H,4-5,8-12,15,29H2,1-3H3/t16-,18-,20+,23?/m1/s1. The van der Waals surface area contributed by atoms with E-state index in [1.54, 1.807) is 6.07 Å². The van der Waals surface area contributed by atoms with Crippen molar-refractivity contribution >= 4 is 40.2 Å². The van der Waals surface area contributed by atoms with E-state index in [1.807, 2.05) is 29.9 Å². The van der Waals surface area contributed by atoms with Gasteiger partial charge in [-0.05, 0) is 76.2 Å². The lowest BCUT2D eigenvalue weighted by molar-refractivity contribution is 0.112. The Morgan fingerprint density at radius 1 is 1.20 bits per heavy atom. The highest BCUT2D eigenvalue weighted by atomic mass is 35.5. The normalized spacial score (nSPS) is 24.4. The van der Waals surface area contributed by atoms with Crippen molar-refractivity contribution in [1.29, 1.82) is 0 Å². The third-order valence-corrected chi connectivity index (χ3v) is 8.43. The van der Waals surface area contributed by atoms with Crippen LogP contribution in [0.25, 0.3) is 11.2 Å². The first-order valence-corrected chi connectivity index (χ1v) is 13.5. The van der Waals surface area contributed by atoms with E-state index in [2.05, 4.69) is 23.6 Å². The van der Waals surface area contributed by atoms with Crippen LogP contribution in [0.1, 0.15) is 56.8 Å². The fourth-order valence-electron chi connectivity index (χ4n) is 6.07. The van der Waals surface area contributed by atoms with Crippen molar-refractivity contribution in [3.63, 3.8) is 0 Å². The van der Waals surface area contributed by atoms with Crippen LogP contribution < -0.4 is 10.6 Å². The van der Waals surface area contributed by atoms with Crippen LogP contribution in [0.5, 0.6) is 0 Å². The van der Waals surface area contributed by atoms with Gasteiger partial charge in [-0.25, -0.2) is 14.6 Å². The monoisotopic (exact) mass is 515 g/mol. The van der Waals surface area contributed by atoms with Crippen LogP contribution in [-0.4, -0.2) is 62.9 Å². The van der Waals surface area contributed by atoms with E-state index >= 15 is 0 Å². The maximum atomic E-state index is 6.52. The maximum Gasteiger partial charge on any atom is 0.179 e. The van der Waals surface area contributed by atoms with Crippen molar-refractivity contribution < 1.29 is 0 Å². The number of nitrogens with zero attached hydrogens (tertiary/aromatic N) is 6. The van der Waals surface area contributed by atoms with Gasteiger partial charge in [-0.2, -0.15) is 5.10 Å². The van der Waals surface area contributed by atoms with Crippen LogP contribution in [0.3, 0.4) is 0 Å². The molecule has 0 aliphatic carbocycles. The van der Waals surface area contributed by atoms with Gasteiger partial charge in [0.1, 0.15) is 11.3 Å². The van der Waals surface area contributed by atoms with Crippen LogP contribution in [0.15, 0.2) is 24.4 Å². The number of piperidine rings is 1. The van der Waals surface area contributed by atoms with Crippen molar-refractivity contribution in [1.82, 2.24) is 24.6 Å². The molecule has 35 heavy (non-hydrogen) atoms. The second-order valence-electron chi connectivity index (χ2n) is 10.2. The number of aryl methyl sites for hydroxylation is 1. The Balaban J connectivity index is 1.39. The third-order valence-electron chi connectivity index (χ3n) is 7.87. The number of nitrogens with two attached hydrogens (primary N) is 1. The molecule has 188 valence electrons. The predicted octanol–water partition coefficient (Wildman–Crippen LogP) is 5.08. The summed E-state index contributed by atoms with van der Waals surface area (Å²) in [5, 5.41) is 6.03. The summed E-state index contributed by atoms with van der Waals surface area (Å²) in [5.74, 6) is 1.47. The zero-order valence-electron chi connectivity index (χ0n) is 20.8. The van der Waals surface area contributed by atoms with E-state index < -0.39 is 0 Å². The van der Waals surface area contributed by atoms with E-state index in [1.165, 1.54) is 19.4 Å². The summed E-state index contributed by atoms with van der Waals surface area (Å²) in [5.41, 5.74) is 9.33. The quantitative estimate of drug-likeness (QED) is 0.493. The molecule has 1 unspecified atom stereocenters. The highest BCUT2D eigenvalue weighted by molar-refractivity contribution is 6.35. The van der Waals surface area contributed by atoms with Crippen molar-refractivity contribution in [2.45, 2.75) is 64.6 Å². The fraction of sp³-hybridized carbons (Fsp3) is 0.577. The number of anilines is 1. The van der Waals surface area contributed by atoms with Crippen LogP contribution in [0, 0.1) is 12.8 Å². The summed E-state index contributed by atoms with van der Waals surface area (Å²) in [4.78, 5) is 15.0. The van der Waals surface area contributed by atoms with Gasteiger partial charge in [0, 0.05) is 35.2 Å². The number of fused-ring (bicyclic) bond motifs is 1. The Labute approximate surface area is 217 Å². The molecular weight excluding hydrogens is 481 g/mol. The van der Waals surface area contributed by atoms with Crippen LogP contribution in [-0.2, 0) is 0 Å². The Bertz CT molecular complexity index is 1200. The molecule has 0 spiro atoms. The first kappa shape index (κ1) is 24.8. The minimum Gasteiger partial charge on any atom is -0.355 e. The Kier molecular flexibility index (Phi) is 7.22. The highest BCUT2D eigenvalue weighted by Gasteiger charge is 2.36. The number of rotatable bonds is 6. The van der Waals surface area contributed by atoms with Gasteiger partial charge in [-0.3, -0.25) is 4.90 Å². The first-order chi connectivity index (χ1) is 16.9. The largest absolute Gasteiger partial charge is 0.355 e. The van der Waals surface area contributed by atoms with Crippen LogP contribution in [0.4, 0.5) is 5.82 Å². The summed E-state index contributed by atoms with van der Waals surface area (Å²) in [6, 6.07) is 6.75. The molecule has 2 aromatic heterocycles. The van der Waals surface area contributed by atoms with Crippen molar-refractivity contribution in [2.24, 2.45) is 11.7 Å². The van der Waals surface area contributed by atoms with E-state index in [-0.39, 0.29) is 6.04 Å². The third kappa shape index (κ3) is 4.76. The van der Waals surface area contributed by atoms with E-state index in [0.717, 1.165) is 60.7 Å². The SMILES string of the molecule is Cc1nn([C@H](C)c2ccc(Cl)cc2Cl)c2nc(N3CCC(N4CCC[C@H]4CCN)[C@H](C)C3)cnc12. The van der Waals surface area contributed by atoms with Gasteiger partial charge in [0.2, 0.25) is 0 Å². The lowest BCUT2D eigenvalue weighted by atomic mass is 9.91. The van der Waals surface area contributed by atoms with Gasteiger partial charge in [0.05, 0.1) is 17.9 Å². The van der Waals surface area contributed by atoms with Gasteiger partial charge >= 0.3 is 0 Å². The summed E-state index contributed by atoms with van der Waals surface area (Å²) >= 11 is 12.6. The van der Waals surface area contributed by atoms with Gasteiger partial charge in [0.25, 0.3) is 0 Å². The Morgan fingerprint density at radius 3 is 2.77 bits per heavy atom. The van der Waals surface area contributed by atoms with Crippen molar-refractivity contribution in [3.8, 4) is 0 Å². The molecule has 0 amide bonds. The van der Waals surface area contributed by atoms with Gasteiger partial charge in [-0.1, -0.05) is 36.2 Å². The molecule has 0 bridgehead atoms. The molecule has 7 nitrogen and oxygen atoms in total. The molecule has 2 fully saturated rings. The maximum absolute atomic E-state index is 6.52. The molecule has 4 heterocycles. The molecule has 3 aromatic rings. The summed E-state index contributed by atoms with van der Waals surface area (Å²) in [6.45, 7) is 10.4. The number of halogens is 2. The molecular formula is C26H35Cl2N7. The summed E-state index contributed by atoms with van der Waals surface area (Å²) < 4.78 is 1.94. The zero-order chi connectivity index (χ0) is 24.7. The molecule has 2 aliphatic rings. The molecule has 1 aromatic carbocycles. The highest BCUT2D eigenvalue weighted by Crippen LogP contribution is 2.33. The molecule has 0 saturated carbocycles. The number of benzene rings is 1. The van der Waals surface area contributed by atoms with E-state index in [4.69, 9.17) is 44.0 Å². The van der Waals surface area contributed by atoms with E-state index in [9.17, 15) is 0 Å². The number of hydrogen-bond acceptors (Lipinski definition) is 6. The van der Waals surface area contributed by atoms with Gasteiger partial charge in [-0.15, -0.1) is 0 Å². The Morgan fingerprint density at radius 2 is 2.03 bits per heavy atom. The molecule has 5 rings (SSSR count). The molecule has 4 atom stereocenters. The van der Waals surface area contributed by atoms with E-state index in [0.29, 0.717) is 28.0 Å². The van der Waals surface area contributed by atoms with Crippen LogP contribution >= 0.6 is 23.2 Å². The van der Waals surface area contributed by atoms with Crippen molar-refractivity contribution in [2.75, 3.05) is 31.1 Å². The number of hydrogen-bond donors (Lipinski definition) is 1. The smallest absolute Gasteiger partial charge is 0.179 e. The first-order valence-electron chi connectivity index (χ1n) is 12.7. The lowest BCUT2D eigenvalue weighted by Crippen LogP contribution is -2.52. The lowest BCUT2D eigenvalue weighted by Gasteiger charge is -2.43. The summed E-state index contributed by atoms with van der Waals surface area (Å²) in [7, 11) is 0. The molecule has 2 N–H and O–H groups in total. The van der Waals surface area contributed by atoms with Gasteiger partial charge < -0.3 is 10.6 Å². The number of likely N-dealkylation sites (tertiary alicyclic amines) is 1. The second kappa shape index (κ2) is 10.2. The second-order valence-corrected chi connectivity index (χ2v) is 11.0. The topological polar surface area (TPSA) is 76.1 Å². The average molecular weight is 517 g/mol. The van der Waals surface area contributed by atoms with Crippen molar-refractivity contribution in [3.05, 3.63) is 45.7 Å². The fourth-order valence-corrected chi connectivity index (χ4v) is 6.63. The molecule has 0 radical (unpaired) electrons.